The third-order valence-electron chi connectivity index (χ3n) is 4.45. The van der Waals surface area contributed by atoms with E-state index in [0.29, 0.717) is 6.10 Å². The molecule has 1 saturated heterocycles. The Morgan fingerprint density at radius 3 is 2.45 bits per heavy atom. The van der Waals surface area contributed by atoms with Gasteiger partial charge in [0.25, 0.3) is 0 Å². The van der Waals surface area contributed by atoms with Gasteiger partial charge in [0.15, 0.2) is 5.96 Å². The summed E-state index contributed by atoms with van der Waals surface area (Å²) < 4.78 is 5.72. The highest BCUT2D eigenvalue weighted by Crippen LogP contribution is 2.15. The second-order valence-electron chi connectivity index (χ2n) is 5.99. The van der Waals surface area contributed by atoms with E-state index in [4.69, 9.17) is 4.74 Å². The molecule has 0 aromatic carbocycles. The Morgan fingerprint density at radius 2 is 1.95 bits per heavy atom. The number of piperidine rings is 1. The lowest BCUT2D eigenvalue weighted by Gasteiger charge is -2.34. The van der Waals surface area contributed by atoms with Crippen molar-refractivity contribution < 1.29 is 4.74 Å². The second kappa shape index (κ2) is 13.4. The van der Waals surface area contributed by atoms with Crippen LogP contribution in [0.2, 0.25) is 0 Å². The third-order valence-corrected chi connectivity index (χ3v) is 4.45. The molecular formula is C17H36IN3O. The molecule has 0 bridgehead atoms. The number of unbranched alkanes of at least 4 members (excludes halogenated alkanes) is 1. The number of ether oxygens (including phenoxy) is 1. The number of hydrogen-bond donors (Lipinski definition) is 1. The van der Waals surface area contributed by atoms with Gasteiger partial charge in [-0.15, -0.1) is 24.0 Å². The maximum Gasteiger partial charge on any atom is 0.193 e. The van der Waals surface area contributed by atoms with Gasteiger partial charge in [-0.1, -0.05) is 33.1 Å². The fraction of sp³-hybridized carbons (Fsp3) is 0.941. The van der Waals surface area contributed by atoms with E-state index in [-0.39, 0.29) is 24.0 Å². The van der Waals surface area contributed by atoms with Gasteiger partial charge in [0.05, 0.1) is 6.10 Å². The van der Waals surface area contributed by atoms with E-state index in [1.165, 1.54) is 25.7 Å². The van der Waals surface area contributed by atoms with Gasteiger partial charge in [-0.3, -0.25) is 4.99 Å². The van der Waals surface area contributed by atoms with Gasteiger partial charge in [-0.25, -0.2) is 0 Å². The van der Waals surface area contributed by atoms with E-state index in [0.717, 1.165) is 51.0 Å². The monoisotopic (exact) mass is 425 g/mol. The van der Waals surface area contributed by atoms with Crippen LogP contribution in [0.4, 0.5) is 0 Å². The molecule has 1 atom stereocenters. The van der Waals surface area contributed by atoms with Crippen molar-refractivity contribution in [2.75, 3.05) is 33.3 Å². The van der Waals surface area contributed by atoms with Crippen molar-refractivity contribution in [1.29, 1.82) is 0 Å². The van der Waals surface area contributed by atoms with Crippen molar-refractivity contribution in [2.24, 2.45) is 10.9 Å². The van der Waals surface area contributed by atoms with Gasteiger partial charge in [0, 0.05) is 33.3 Å². The zero-order valence-corrected chi connectivity index (χ0v) is 17.3. The summed E-state index contributed by atoms with van der Waals surface area (Å²) in [5, 5.41) is 3.58. The Bertz CT molecular complexity index is 292. The smallest absolute Gasteiger partial charge is 0.193 e. The number of aliphatic imine (C=N–C) groups is 1. The molecule has 1 aliphatic heterocycles. The Labute approximate surface area is 154 Å². The molecule has 4 nitrogen and oxygen atoms in total. The molecule has 1 N–H and O–H groups in total. The zero-order chi connectivity index (χ0) is 15.5. The van der Waals surface area contributed by atoms with Crippen molar-refractivity contribution >= 4 is 29.9 Å². The highest BCUT2D eigenvalue weighted by Gasteiger charge is 2.21. The van der Waals surface area contributed by atoms with Gasteiger partial charge in [-0.05, 0) is 32.1 Å². The largest absolute Gasteiger partial charge is 0.378 e. The highest BCUT2D eigenvalue weighted by molar-refractivity contribution is 14.0. The summed E-state index contributed by atoms with van der Waals surface area (Å²) in [5.74, 6) is 1.84. The van der Waals surface area contributed by atoms with Crippen LogP contribution < -0.4 is 5.32 Å². The minimum atomic E-state index is 0. The Balaban J connectivity index is 0.00000441. The molecule has 22 heavy (non-hydrogen) atoms. The number of likely N-dealkylation sites (tertiary alicyclic amines) is 1. The lowest BCUT2D eigenvalue weighted by atomic mass is 9.99. The first-order valence-corrected chi connectivity index (χ1v) is 8.82. The summed E-state index contributed by atoms with van der Waals surface area (Å²) in [6, 6.07) is 0. The standard InChI is InChI=1S/C17H35N3O.HI/c1-5-8-9-15(6-2)14-19-17(18-4)20-12-10-16(11-13-20)21-7-3;/h15-16H,5-14H2,1-4H3,(H,18,19);1H. The summed E-state index contributed by atoms with van der Waals surface area (Å²) in [6.07, 6.45) is 7.86. The highest BCUT2D eigenvalue weighted by atomic mass is 127. The van der Waals surface area contributed by atoms with E-state index in [9.17, 15) is 0 Å². The van der Waals surface area contributed by atoms with E-state index in [2.05, 4.69) is 36.0 Å². The van der Waals surface area contributed by atoms with Crippen molar-refractivity contribution in [3.05, 3.63) is 0 Å². The Morgan fingerprint density at radius 1 is 1.27 bits per heavy atom. The summed E-state index contributed by atoms with van der Waals surface area (Å²) in [7, 11) is 1.89. The second-order valence-corrected chi connectivity index (χ2v) is 5.99. The van der Waals surface area contributed by atoms with Crippen LogP contribution in [-0.2, 0) is 4.74 Å². The molecule has 0 saturated carbocycles. The summed E-state index contributed by atoms with van der Waals surface area (Å²) >= 11 is 0. The lowest BCUT2D eigenvalue weighted by Crippen LogP contribution is -2.48. The van der Waals surface area contributed by atoms with E-state index in [1.54, 1.807) is 0 Å². The van der Waals surface area contributed by atoms with E-state index < -0.39 is 0 Å². The maximum atomic E-state index is 5.72. The molecule has 0 radical (unpaired) electrons. The van der Waals surface area contributed by atoms with Crippen LogP contribution in [0.15, 0.2) is 4.99 Å². The van der Waals surface area contributed by atoms with Crippen LogP contribution >= 0.6 is 24.0 Å². The number of nitrogens with zero attached hydrogens (tertiary/aromatic N) is 2. The number of hydrogen-bond acceptors (Lipinski definition) is 2. The molecule has 0 spiro atoms. The number of nitrogens with one attached hydrogen (secondary N) is 1. The molecule has 1 aliphatic rings. The minimum Gasteiger partial charge on any atom is -0.378 e. The number of guanidine groups is 1. The molecule has 0 amide bonds. The predicted molar refractivity (Wildman–Crippen MR) is 106 cm³/mol. The molecule has 5 heteroatoms. The van der Waals surface area contributed by atoms with Crippen LogP contribution in [0.1, 0.15) is 59.3 Å². The fourth-order valence-corrected chi connectivity index (χ4v) is 2.98. The minimum absolute atomic E-state index is 0. The van der Waals surface area contributed by atoms with E-state index >= 15 is 0 Å². The zero-order valence-electron chi connectivity index (χ0n) is 14.9. The topological polar surface area (TPSA) is 36.9 Å². The third kappa shape index (κ3) is 7.99. The fourth-order valence-electron chi connectivity index (χ4n) is 2.98. The maximum absolute atomic E-state index is 5.72. The summed E-state index contributed by atoms with van der Waals surface area (Å²) in [5.41, 5.74) is 0. The lowest BCUT2D eigenvalue weighted by molar-refractivity contribution is 0.0263. The first-order valence-electron chi connectivity index (χ1n) is 8.82. The molecule has 1 heterocycles. The SMILES string of the molecule is CCCCC(CC)CNC(=NC)N1CCC(OCC)CC1.I. The van der Waals surface area contributed by atoms with Gasteiger partial charge in [-0.2, -0.15) is 0 Å². The van der Waals surface area contributed by atoms with Gasteiger partial charge < -0.3 is 15.0 Å². The summed E-state index contributed by atoms with van der Waals surface area (Å²) in [6.45, 7) is 10.6. The Hall–Kier alpha value is -0.0400. The van der Waals surface area contributed by atoms with Crippen LogP contribution in [0, 0.1) is 5.92 Å². The first kappa shape index (κ1) is 22.0. The molecule has 1 rings (SSSR count). The molecule has 0 aromatic heterocycles. The molecule has 0 aromatic rings. The van der Waals surface area contributed by atoms with Crippen LogP contribution in [-0.4, -0.2) is 50.3 Å². The van der Waals surface area contributed by atoms with Crippen molar-refractivity contribution in [3.8, 4) is 0 Å². The van der Waals surface area contributed by atoms with Gasteiger partial charge in [0.2, 0.25) is 0 Å². The average Bonchev–Trinajstić information content (AvgIpc) is 2.52. The van der Waals surface area contributed by atoms with Gasteiger partial charge in [0.1, 0.15) is 0 Å². The number of halogens is 1. The van der Waals surface area contributed by atoms with E-state index in [1.807, 2.05) is 7.05 Å². The quantitative estimate of drug-likeness (QED) is 0.364. The molecule has 132 valence electrons. The molecule has 1 fully saturated rings. The van der Waals surface area contributed by atoms with Crippen molar-refractivity contribution in [1.82, 2.24) is 10.2 Å². The molecular weight excluding hydrogens is 389 g/mol. The summed E-state index contributed by atoms with van der Waals surface area (Å²) in [4.78, 5) is 6.84. The number of rotatable bonds is 8. The first-order chi connectivity index (χ1) is 10.2. The molecule has 1 unspecified atom stereocenters. The van der Waals surface area contributed by atoms with Gasteiger partial charge >= 0.3 is 0 Å². The Kier molecular flexibility index (Phi) is 13.4. The van der Waals surface area contributed by atoms with Crippen molar-refractivity contribution in [2.45, 2.75) is 65.4 Å². The van der Waals surface area contributed by atoms with Crippen LogP contribution in [0.5, 0.6) is 0 Å². The van der Waals surface area contributed by atoms with Crippen molar-refractivity contribution in [3.63, 3.8) is 0 Å². The molecule has 0 aliphatic carbocycles. The predicted octanol–water partition coefficient (Wildman–Crippen LogP) is 3.90. The van der Waals surface area contributed by atoms with Crippen LogP contribution in [0.3, 0.4) is 0 Å². The average molecular weight is 425 g/mol. The normalized spacial score (nSPS) is 18.0. The van der Waals surface area contributed by atoms with Crippen LogP contribution in [0.25, 0.3) is 0 Å².